The Labute approximate surface area is 113 Å². The van der Waals surface area contributed by atoms with Gasteiger partial charge in [-0.3, -0.25) is 0 Å². The summed E-state index contributed by atoms with van der Waals surface area (Å²) < 4.78 is 4.94. The van der Waals surface area contributed by atoms with E-state index in [1.54, 1.807) is 19.1 Å². The molecule has 0 heterocycles. The molecule has 0 aromatic heterocycles. The van der Waals surface area contributed by atoms with Crippen LogP contribution in [0.15, 0.2) is 54.6 Å². The average Bonchev–Trinajstić information content (AvgIpc) is 2.48. The molecule has 19 heavy (non-hydrogen) atoms. The molecule has 2 aromatic carbocycles. The molecule has 0 saturated heterocycles. The van der Waals surface area contributed by atoms with Gasteiger partial charge in [-0.25, -0.2) is 4.79 Å². The largest absolute Gasteiger partial charge is 0.462 e. The molecule has 0 aliphatic heterocycles. The minimum atomic E-state index is -0.303. The molecule has 98 valence electrons. The SMILES string of the molecule is CCOC(=O)c1ccc(C(N)c2ccccc2)cc1. The van der Waals surface area contributed by atoms with E-state index in [-0.39, 0.29) is 12.0 Å². The molecule has 1 atom stereocenters. The smallest absolute Gasteiger partial charge is 0.338 e. The van der Waals surface area contributed by atoms with Crippen molar-refractivity contribution in [2.24, 2.45) is 5.73 Å². The fourth-order valence-corrected chi connectivity index (χ4v) is 1.89. The highest BCUT2D eigenvalue weighted by atomic mass is 16.5. The molecule has 0 amide bonds. The average molecular weight is 255 g/mol. The fourth-order valence-electron chi connectivity index (χ4n) is 1.89. The van der Waals surface area contributed by atoms with Crippen LogP contribution in [0.4, 0.5) is 0 Å². The maximum Gasteiger partial charge on any atom is 0.338 e. The zero-order valence-electron chi connectivity index (χ0n) is 10.9. The van der Waals surface area contributed by atoms with Gasteiger partial charge in [-0.05, 0) is 30.2 Å². The summed E-state index contributed by atoms with van der Waals surface area (Å²) in [5.74, 6) is -0.303. The molecular weight excluding hydrogens is 238 g/mol. The van der Waals surface area contributed by atoms with Crippen molar-refractivity contribution in [3.05, 3.63) is 71.3 Å². The lowest BCUT2D eigenvalue weighted by Gasteiger charge is -2.12. The maximum atomic E-state index is 11.5. The molecule has 0 spiro atoms. The minimum Gasteiger partial charge on any atom is -0.462 e. The van der Waals surface area contributed by atoms with Gasteiger partial charge in [0, 0.05) is 0 Å². The van der Waals surface area contributed by atoms with Crippen LogP contribution >= 0.6 is 0 Å². The topological polar surface area (TPSA) is 52.3 Å². The molecule has 2 N–H and O–H groups in total. The van der Waals surface area contributed by atoms with Crippen molar-refractivity contribution in [1.82, 2.24) is 0 Å². The molecule has 2 rings (SSSR count). The van der Waals surface area contributed by atoms with Gasteiger partial charge in [0.2, 0.25) is 0 Å². The predicted octanol–water partition coefficient (Wildman–Crippen LogP) is 2.91. The Balaban J connectivity index is 2.16. The molecule has 0 fully saturated rings. The van der Waals surface area contributed by atoms with E-state index >= 15 is 0 Å². The van der Waals surface area contributed by atoms with E-state index < -0.39 is 0 Å². The molecule has 0 aliphatic carbocycles. The quantitative estimate of drug-likeness (QED) is 0.855. The van der Waals surface area contributed by atoms with Gasteiger partial charge in [0.1, 0.15) is 0 Å². The summed E-state index contributed by atoms with van der Waals surface area (Å²) in [6.07, 6.45) is 0. The Bertz CT molecular complexity index is 534. The van der Waals surface area contributed by atoms with Gasteiger partial charge < -0.3 is 10.5 Å². The number of benzene rings is 2. The number of nitrogens with two attached hydrogens (primary N) is 1. The van der Waals surface area contributed by atoms with Gasteiger partial charge in [-0.15, -0.1) is 0 Å². The van der Waals surface area contributed by atoms with E-state index in [2.05, 4.69) is 0 Å². The highest BCUT2D eigenvalue weighted by Crippen LogP contribution is 2.19. The maximum absolute atomic E-state index is 11.5. The number of rotatable bonds is 4. The first-order valence-corrected chi connectivity index (χ1v) is 6.30. The van der Waals surface area contributed by atoms with Crippen molar-refractivity contribution in [3.63, 3.8) is 0 Å². The van der Waals surface area contributed by atoms with Crippen LogP contribution in [0, 0.1) is 0 Å². The Kier molecular flexibility index (Phi) is 4.31. The summed E-state index contributed by atoms with van der Waals surface area (Å²) in [6.45, 7) is 2.17. The van der Waals surface area contributed by atoms with Crippen LogP contribution in [0.5, 0.6) is 0 Å². The molecular formula is C16H17NO2. The third-order valence-corrected chi connectivity index (χ3v) is 2.94. The van der Waals surface area contributed by atoms with Crippen LogP contribution in [0.1, 0.15) is 34.5 Å². The fraction of sp³-hybridized carbons (Fsp3) is 0.188. The monoisotopic (exact) mass is 255 g/mol. The summed E-state index contributed by atoms with van der Waals surface area (Å²) >= 11 is 0. The number of hydrogen-bond acceptors (Lipinski definition) is 3. The lowest BCUT2D eigenvalue weighted by Crippen LogP contribution is -2.12. The van der Waals surface area contributed by atoms with E-state index in [0.29, 0.717) is 12.2 Å². The highest BCUT2D eigenvalue weighted by Gasteiger charge is 2.10. The van der Waals surface area contributed by atoms with Crippen LogP contribution < -0.4 is 5.73 Å². The molecule has 2 aromatic rings. The van der Waals surface area contributed by atoms with Crippen LogP contribution in [0.2, 0.25) is 0 Å². The third-order valence-electron chi connectivity index (χ3n) is 2.94. The molecule has 0 bridgehead atoms. The van der Waals surface area contributed by atoms with Crippen LogP contribution in [0.25, 0.3) is 0 Å². The lowest BCUT2D eigenvalue weighted by atomic mass is 9.99. The van der Waals surface area contributed by atoms with Gasteiger partial charge in [-0.2, -0.15) is 0 Å². The number of carbonyl (C=O) groups excluding carboxylic acids is 1. The van der Waals surface area contributed by atoms with Crippen molar-refractivity contribution in [2.75, 3.05) is 6.61 Å². The van der Waals surface area contributed by atoms with Gasteiger partial charge in [0.25, 0.3) is 0 Å². The Morgan fingerprint density at radius 2 is 1.63 bits per heavy atom. The standard InChI is InChI=1S/C16H17NO2/c1-2-19-16(18)14-10-8-13(9-11-14)15(17)12-6-4-3-5-7-12/h3-11,15H,2,17H2,1H3. The lowest BCUT2D eigenvalue weighted by molar-refractivity contribution is 0.0526. The zero-order valence-corrected chi connectivity index (χ0v) is 10.9. The third kappa shape index (κ3) is 3.20. The first-order chi connectivity index (χ1) is 9.22. The van der Waals surface area contributed by atoms with Gasteiger partial charge in [-0.1, -0.05) is 42.5 Å². The second-order valence-corrected chi connectivity index (χ2v) is 4.23. The number of ether oxygens (including phenoxy) is 1. The van der Waals surface area contributed by atoms with Crippen molar-refractivity contribution in [3.8, 4) is 0 Å². The Morgan fingerprint density at radius 1 is 1.05 bits per heavy atom. The van der Waals surface area contributed by atoms with E-state index in [1.165, 1.54) is 0 Å². The van der Waals surface area contributed by atoms with Crippen molar-refractivity contribution < 1.29 is 9.53 Å². The highest BCUT2D eigenvalue weighted by molar-refractivity contribution is 5.89. The van der Waals surface area contributed by atoms with Crippen LogP contribution in [0.3, 0.4) is 0 Å². The summed E-state index contributed by atoms with van der Waals surface area (Å²) in [5.41, 5.74) is 8.75. The second-order valence-electron chi connectivity index (χ2n) is 4.23. The van der Waals surface area contributed by atoms with Crippen LogP contribution in [-0.2, 0) is 4.74 Å². The van der Waals surface area contributed by atoms with Crippen molar-refractivity contribution in [2.45, 2.75) is 13.0 Å². The normalized spacial score (nSPS) is 11.9. The summed E-state index contributed by atoms with van der Waals surface area (Å²) in [6, 6.07) is 16.9. The van der Waals surface area contributed by atoms with Crippen LogP contribution in [-0.4, -0.2) is 12.6 Å². The number of carbonyl (C=O) groups is 1. The number of hydrogen-bond donors (Lipinski definition) is 1. The van der Waals surface area contributed by atoms with E-state index in [9.17, 15) is 4.79 Å². The molecule has 3 nitrogen and oxygen atoms in total. The molecule has 0 radical (unpaired) electrons. The molecule has 0 saturated carbocycles. The second kappa shape index (κ2) is 6.16. The first kappa shape index (κ1) is 13.3. The van der Waals surface area contributed by atoms with Gasteiger partial charge in [0.05, 0.1) is 18.2 Å². The molecule has 1 unspecified atom stereocenters. The van der Waals surface area contributed by atoms with Crippen molar-refractivity contribution in [1.29, 1.82) is 0 Å². The Morgan fingerprint density at radius 3 is 2.21 bits per heavy atom. The van der Waals surface area contributed by atoms with E-state index in [1.807, 2.05) is 42.5 Å². The van der Waals surface area contributed by atoms with Gasteiger partial charge in [0.15, 0.2) is 0 Å². The van der Waals surface area contributed by atoms with Crippen molar-refractivity contribution >= 4 is 5.97 Å². The minimum absolute atomic E-state index is 0.183. The summed E-state index contributed by atoms with van der Waals surface area (Å²) in [7, 11) is 0. The summed E-state index contributed by atoms with van der Waals surface area (Å²) in [4.78, 5) is 11.5. The van der Waals surface area contributed by atoms with E-state index in [0.717, 1.165) is 11.1 Å². The molecule has 3 heteroatoms. The molecule has 0 aliphatic rings. The zero-order chi connectivity index (χ0) is 13.7. The van der Waals surface area contributed by atoms with E-state index in [4.69, 9.17) is 10.5 Å². The predicted molar refractivity (Wildman–Crippen MR) is 74.9 cm³/mol. The first-order valence-electron chi connectivity index (χ1n) is 6.30. The number of esters is 1. The van der Waals surface area contributed by atoms with Gasteiger partial charge >= 0.3 is 5.97 Å². The Hall–Kier alpha value is -2.13. The summed E-state index contributed by atoms with van der Waals surface area (Å²) in [5, 5.41) is 0.